The summed E-state index contributed by atoms with van der Waals surface area (Å²) in [6, 6.07) is 14.7. The van der Waals surface area contributed by atoms with Crippen molar-refractivity contribution in [3.8, 4) is 0 Å². The van der Waals surface area contributed by atoms with E-state index in [4.69, 9.17) is 5.84 Å². The lowest BCUT2D eigenvalue weighted by Crippen LogP contribution is -2.37. The molecule has 0 heterocycles. The van der Waals surface area contributed by atoms with Gasteiger partial charge in [-0.25, -0.2) is 10.9 Å². The Labute approximate surface area is 114 Å². The fourth-order valence-electron chi connectivity index (χ4n) is 1.66. The van der Waals surface area contributed by atoms with Gasteiger partial charge in [0.25, 0.3) is 5.91 Å². The van der Waals surface area contributed by atoms with Gasteiger partial charge in [-0.15, -0.1) is 0 Å². The molecule has 0 atom stereocenters. The largest absolute Gasteiger partial charge is 0.273 e. The van der Waals surface area contributed by atoms with E-state index in [1.54, 1.807) is 6.07 Å². The summed E-state index contributed by atoms with van der Waals surface area (Å²) >= 11 is 3.35. The summed E-state index contributed by atoms with van der Waals surface area (Å²) in [6.07, 6.45) is 0. The quantitative estimate of drug-likeness (QED) is 0.526. The summed E-state index contributed by atoms with van der Waals surface area (Å²) in [7, 11) is 0. The second-order valence-corrected chi connectivity index (χ2v) is 4.85. The van der Waals surface area contributed by atoms with Crippen molar-refractivity contribution in [2.45, 2.75) is 6.92 Å². The van der Waals surface area contributed by atoms with Crippen molar-refractivity contribution < 1.29 is 4.79 Å². The predicted octanol–water partition coefficient (Wildman–Crippen LogP) is 3.28. The van der Waals surface area contributed by atoms with Gasteiger partial charge in [0.05, 0.1) is 11.3 Å². The number of hydrazine groups is 1. The second-order valence-electron chi connectivity index (χ2n) is 3.99. The van der Waals surface area contributed by atoms with Gasteiger partial charge in [-0.05, 0) is 52.7 Å². The molecule has 0 bridgehead atoms. The zero-order chi connectivity index (χ0) is 13.1. The van der Waals surface area contributed by atoms with Crippen molar-refractivity contribution in [1.82, 2.24) is 0 Å². The van der Waals surface area contributed by atoms with Gasteiger partial charge in [-0.1, -0.05) is 24.3 Å². The van der Waals surface area contributed by atoms with Gasteiger partial charge in [0.15, 0.2) is 0 Å². The van der Waals surface area contributed by atoms with Crippen molar-refractivity contribution in [3.63, 3.8) is 0 Å². The highest BCUT2D eigenvalue weighted by Gasteiger charge is 2.16. The Kier molecular flexibility index (Phi) is 3.79. The minimum Gasteiger partial charge on any atom is -0.267 e. The third-order valence-corrected chi connectivity index (χ3v) is 3.29. The van der Waals surface area contributed by atoms with E-state index in [0.29, 0.717) is 11.3 Å². The lowest BCUT2D eigenvalue weighted by molar-refractivity contribution is 0.0986. The average Bonchev–Trinajstić information content (AvgIpc) is 2.37. The normalized spacial score (nSPS) is 10.2. The van der Waals surface area contributed by atoms with Crippen molar-refractivity contribution in [1.29, 1.82) is 0 Å². The molecule has 0 aliphatic rings. The molecule has 0 saturated heterocycles. The van der Waals surface area contributed by atoms with Crippen LogP contribution in [0.1, 0.15) is 15.9 Å². The van der Waals surface area contributed by atoms with Crippen LogP contribution < -0.4 is 10.9 Å². The van der Waals surface area contributed by atoms with Gasteiger partial charge in [-0.3, -0.25) is 4.79 Å². The van der Waals surface area contributed by atoms with E-state index < -0.39 is 0 Å². The van der Waals surface area contributed by atoms with Crippen LogP contribution in [-0.2, 0) is 0 Å². The number of carbonyl (C=O) groups excluding carboxylic acids is 1. The molecule has 2 aromatic carbocycles. The maximum atomic E-state index is 12.2. The van der Waals surface area contributed by atoms with Gasteiger partial charge < -0.3 is 0 Å². The van der Waals surface area contributed by atoms with Gasteiger partial charge in [0.1, 0.15) is 0 Å². The zero-order valence-electron chi connectivity index (χ0n) is 9.93. The molecule has 0 saturated carbocycles. The number of benzene rings is 2. The number of nitrogens with zero attached hydrogens (tertiary/aromatic N) is 1. The molecule has 0 fully saturated rings. The zero-order valence-corrected chi connectivity index (χ0v) is 11.5. The van der Waals surface area contributed by atoms with Crippen LogP contribution >= 0.6 is 15.9 Å². The molecular formula is C14H13BrN2O. The maximum Gasteiger partial charge on any atom is 0.273 e. The van der Waals surface area contributed by atoms with Crippen molar-refractivity contribution in [2.75, 3.05) is 5.01 Å². The standard InChI is InChI=1S/C14H13BrN2O/c1-10-5-4-6-11(9-10)17(16)14(18)12-7-2-3-8-13(12)15/h2-9H,16H2,1H3. The molecule has 3 nitrogen and oxygen atoms in total. The number of anilines is 1. The summed E-state index contributed by atoms with van der Waals surface area (Å²) in [4.78, 5) is 12.2. The molecule has 2 N–H and O–H groups in total. The minimum absolute atomic E-state index is 0.243. The van der Waals surface area contributed by atoms with Crippen molar-refractivity contribution in [3.05, 3.63) is 64.1 Å². The van der Waals surface area contributed by atoms with E-state index in [2.05, 4.69) is 15.9 Å². The molecule has 1 amide bonds. The molecule has 0 unspecified atom stereocenters. The molecule has 4 heteroatoms. The first-order chi connectivity index (χ1) is 8.59. The molecule has 0 radical (unpaired) electrons. The van der Waals surface area contributed by atoms with Gasteiger partial charge in [0, 0.05) is 4.47 Å². The molecule has 18 heavy (non-hydrogen) atoms. The van der Waals surface area contributed by atoms with Crippen LogP contribution in [0.2, 0.25) is 0 Å². The van der Waals surface area contributed by atoms with Crippen LogP contribution in [-0.4, -0.2) is 5.91 Å². The average molecular weight is 305 g/mol. The monoisotopic (exact) mass is 304 g/mol. The Hall–Kier alpha value is -1.65. The number of amides is 1. The lowest BCUT2D eigenvalue weighted by Gasteiger charge is -2.17. The SMILES string of the molecule is Cc1cccc(N(N)C(=O)c2ccccc2Br)c1. The van der Waals surface area contributed by atoms with E-state index in [9.17, 15) is 4.79 Å². The van der Waals surface area contributed by atoms with E-state index in [1.807, 2.05) is 49.4 Å². The van der Waals surface area contributed by atoms with Gasteiger partial charge in [-0.2, -0.15) is 0 Å². The number of nitrogens with two attached hydrogens (primary N) is 1. The van der Waals surface area contributed by atoms with Crippen molar-refractivity contribution in [2.24, 2.45) is 5.84 Å². The Bertz CT molecular complexity index is 584. The van der Waals surface area contributed by atoms with E-state index in [-0.39, 0.29) is 5.91 Å². The molecular weight excluding hydrogens is 292 g/mol. The molecule has 0 aromatic heterocycles. The first-order valence-electron chi connectivity index (χ1n) is 5.50. The molecule has 2 aromatic rings. The third-order valence-electron chi connectivity index (χ3n) is 2.60. The summed E-state index contributed by atoms with van der Waals surface area (Å²) in [5, 5.41) is 1.16. The van der Waals surface area contributed by atoms with Crippen LogP contribution in [0.15, 0.2) is 53.0 Å². The number of aryl methyl sites for hydroxylation is 1. The lowest BCUT2D eigenvalue weighted by atomic mass is 10.2. The topological polar surface area (TPSA) is 46.3 Å². The van der Waals surface area contributed by atoms with Crippen LogP contribution in [0.25, 0.3) is 0 Å². The highest BCUT2D eigenvalue weighted by atomic mass is 79.9. The molecule has 0 aliphatic carbocycles. The van der Waals surface area contributed by atoms with E-state index in [0.717, 1.165) is 15.0 Å². The summed E-state index contributed by atoms with van der Waals surface area (Å²) in [5.74, 6) is 5.63. The Balaban J connectivity index is 2.32. The fraction of sp³-hybridized carbons (Fsp3) is 0.0714. The van der Waals surface area contributed by atoms with Crippen LogP contribution in [0.4, 0.5) is 5.69 Å². The smallest absolute Gasteiger partial charge is 0.267 e. The number of hydrogen-bond acceptors (Lipinski definition) is 2. The first kappa shape index (κ1) is 12.8. The van der Waals surface area contributed by atoms with Crippen molar-refractivity contribution >= 4 is 27.5 Å². The number of hydrogen-bond donors (Lipinski definition) is 1. The van der Waals surface area contributed by atoms with Gasteiger partial charge in [0.2, 0.25) is 0 Å². The van der Waals surface area contributed by atoms with E-state index >= 15 is 0 Å². The Morgan fingerprint density at radius 1 is 1.17 bits per heavy atom. The van der Waals surface area contributed by atoms with Crippen LogP contribution in [0.5, 0.6) is 0 Å². The summed E-state index contributed by atoms with van der Waals surface area (Å²) in [5.41, 5.74) is 2.28. The van der Waals surface area contributed by atoms with Crippen LogP contribution in [0, 0.1) is 6.92 Å². The number of halogens is 1. The number of rotatable bonds is 2. The molecule has 92 valence electrons. The highest BCUT2D eigenvalue weighted by molar-refractivity contribution is 9.10. The molecule has 2 rings (SSSR count). The predicted molar refractivity (Wildman–Crippen MR) is 76.3 cm³/mol. The third kappa shape index (κ3) is 2.60. The minimum atomic E-state index is -0.243. The Morgan fingerprint density at radius 2 is 1.89 bits per heavy atom. The maximum absolute atomic E-state index is 12.2. The van der Waals surface area contributed by atoms with E-state index in [1.165, 1.54) is 0 Å². The molecule has 0 spiro atoms. The fourth-order valence-corrected chi connectivity index (χ4v) is 2.11. The molecule has 0 aliphatic heterocycles. The highest BCUT2D eigenvalue weighted by Crippen LogP contribution is 2.20. The summed E-state index contributed by atoms with van der Waals surface area (Å²) in [6.45, 7) is 1.96. The second kappa shape index (κ2) is 5.33. The van der Waals surface area contributed by atoms with Gasteiger partial charge >= 0.3 is 0 Å². The summed E-state index contributed by atoms with van der Waals surface area (Å²) < 4.78 is 0.734. The Morgan fingerprint density at radius 3 is 2.56 bits per heavy atom. The van der Waals surface area contributed by atoms with Crippen LogP contribution in [0.3, 0.4) is 0 Å². The number of carbonyl (C=O) groups is 1. The first-order valence-corrected chi connectivity index (χ1v) is 6.29.